The molecular formula is C17H18ClNO2. The van der Waals surface area contributed by atoms with Gasteiger partial charge in [0.15, 0.2) is 0 Å². The van der Waals surface area contributed by atoms with Crippen LogP contribution in [0, 0.1) is 0 Å². The maximum absolute atomic E-state index is 12.0. The second-order valence-electron chi connectivity index (χ2n) is 4.67. The molecule has 1 amide bonds. The predicted octanol–water partition coefficient (Wildman–Crippen LogP) is 3.33. The van der Waals surface area contributed by atoms with E-state index in [-0.39, 0.29) is 5.91 Å². The van der Waals surface area contributed by atoms with Gasteiger partial charge in [0.05, 0.1) is 7.11 Å². The van der Waals surface area contributed by atoms with Gasteiger partial charge in [-0.2, -0.15) is 0 Å². The van der Waals surface area contributed by atoms with Crippen molar-refractivity contribution in [2.75, 3.05) is 13.7 Å². The third-order valence-electron chi connectivity index (χ3n) is 3.17. The summed E-state index contributed by atoms with van der Waals surface area (Å²) in [6.45, 7) is 0.544. The van der Waals surface area contributed by atoms with Gasteiger partial charge < -0.3 is 10.1 Å². The van der Waals surface area contributed by atoms with Crippen molar-refractivity contribution in [2.45, 2.75) is 11.8 Å². The largest absolute Gasteiger partial charge is 0.497 e. The van der Waals surface area contributed by atoms with Crippen LogP contribution < -0.4 is 10.1 Å². The van der Waals surface area contributed by atoms with Crippen LogP contribution in [0.2, 0.25) is 0 Å². The van der Waals surface area contributed by atoms with Crippen LogP contribution >= 0.6 is 11.6 Å². The van der Waals surface area contributed by atoms with Crippen molar-refractivity contribution in [1.82, 2.24) is 5.32 Å². The molecule has 1 N–H and O–H groups in total. The first kappa shape index (κ1) is 15.4. The van der Waals surface area contributed by atoms with E-state index in [4.69, 9.17) is 16.3 Å². The maximum Gasteiger partial charge on any atom is 0.242 e. The highest BCUT2D eigenvalue weighted by Crippen LogP contribution is 2.19. The number of carbonyl (C=O) groups is 1. The van der Waals surface area contributed by atoms with Gasteiger partial charge in [0, 0.05) is 6.54 Å². The van der Waals surface area contributed by atoms with Crippen LogP contribution in [0.4, 0.5) is 0 Å². The van der Waals surface area contributed by atoms with Gasteiger partial charge >= 0.3 is 0 Å². The Morgan fingerprint density at radius 2 is 1.95 bits per heavy atom. The van der Waals surface area contributed by atoms with Crippen molar-refractivity contribution in [3.05, 3.63) is 65.7 Å². The van der Waals surface area contributed by atoms with Gasteiger partial charge in [0.25, 0.3) is 0 Å². The normalized spacial score (nSPS) is 11.7. The van der Waals surface area contributed by atoms with Gasteiger partial charge in [-0.1, -0.05) is 42.5 Å². The van der Waals surface area contributed by atoms with Gasteiger partial charge in [0.2, 0.25) is 5.91 Å². The lowest BCUT2D eigenvalue weighted by atomic mass is 10.1. The Bertz CT molecular complexity index is 586. The lowest BCUT2D eigenvalue weighted by Gasteiger charge is -2.11. The van der Waals surface area contributed by atoms with Gasteiger partial charge in [-0.05, 0) is 29.7 Å². The molecule has 1 unspecified atom stereocenters. The molecule has 2 rings (SSSR count). The number of methoxy groups -OCH3 is 1. The average Bonchev–Trinajstić information content (AvgIpc) is 2.55. The van der Waals surface area contributed by atoms with Crippen LogP contribution in [0.5, 0.6) is 5.75 Å². The highest BCUT2D eigenvalue weighted by atomic mass is 35.5. The summed E-state index contributed by atoms with van der Waals surface area (Å²) in [5, 5.41) is 2.20. The molecule has 4 heteroatoms. The standard InChI is InChI=1S/C17H18ClNO2/c1-21-15-9-5-6-13(12-15)10-11-19-17(20)16(18)14-7-3-2-4-8-14/h2-9,12,16H,10-11H2,1H3,(H,19,20). The molecule has 0 bridgehead atoms. The number of carbonyl (C=O) groups excluding carboxylic acids is 1. The van der Waals surface area contributed by atoms with E-state index in [0.29, 0.717) is 6.54 Å². The Morgan fingerprint density at radius 1 is 1.19 bits per heavy atom. The summed E-state index contributed by atoms with van der Waals surface area (Å²) in [4.78, 5) is 12.0. The molecule has 110 valence electrons. The molecule has 3 nitrogen and oxygen atoms in total. The van der Waals surface area contributed by atoms with Crippen LogP contribution in [0.25, 0.3) is 0 Å². The van der Waals surface area contributed by atoms with Crippen LogP contribution in [0.15, 0.2) is 54.6 Å². The Balaban J connectivity index is 1.84. The van der Waals surface area contributed by atoms with Crippen molar-refractivity contribution >= 4 is 17.5 Å². The first-order valence-electron chi connectivity index (χ1n) is 6.80. The number of halogens is 1. The third kappa shape index (κ3) is 4.50. The van der Waals surface area contributed by atoms with E-state index in [2.05, 4.69) is 5.32 Å². The van der Waals surface area contributed by atoms with E-state index in [1.807, 2.05) is 54.6 Å². The fourth-order valence-electron chi connectivity index (χ4n) is 2.02. The molecule has 0 aromatic heterocycles. The molecule has 0 radical (unpaired) electrons. The molecule has 0 spiro atoms. The highest BCUT2D eigenvalue weighted by molar-refractivity contribution is 6.30. The lowest BCUT2D eigenvalue weighted by Crippen LogP contribution is -2.28. The fourth-order valence-corrected chi connectivity index (χ4v) is 2.24. The number of nitrogens with one attached hydrogen (secondary N) is 1. The fraction of sp³-hybridized carbons (Fsp3) is 0.235. The highest BCUT2D eigenvalue weighted by Gasteiger charge is 2.16. The SMILES string of the molecule is COc1cccc(CCNC(=O)C(Cl)c2ccccc2)c1. The molecule has 0 saturated heterocycles. The van der Waals surface area contributed by atoms with E-state index >= 15 is 0 Å². The quantitative estimate of drug-likeness (QED) is 0.831. The number of amides is 1. The van der Waals surface area contributed by atoms with E-state index in [1.165, 1.54) is 0 Å². The molecule has 1 atom stereocenters. The summed E-state index contributed by atoms with van der Waals surface area (Å²) in [6.07, 6.45) is 0.737. The molecule has 0 aliphatic carbocycles. The molecule has 0 aliphatic rings. The van der Waals surface area contributed by atoms with Gasteiger partial charge in [-0.3, -0.25) is 4.79 Å². The molecule has 2 aromatic carbocycles. The van der Waals surface area contributed by atoms with Crippen LogP contribution in [0.1, 0.15) is 16.5 Å². The zero-order valence-electron chi connectivity index (χ0n) is 11.9. The van der Waals surface area contributed by atoms with Crippen LogP contribution in [-0.4, -0.2) is 19.6 Å². The number of benzene rings is 2. The minimum Gasteiger partial charge on any atom is -0.497 e. The first-order valence-corrected chi connectivity index (χ1v) is 7.24. The Morgan fingerprint density at radius 3 is 2.67 bits per heavy atom. The average molecular weight is 304 g/mol. The van der Waals surface area contributed by atoms with Gasteiger partial charge in [-0.25, -0.2) is 0 Å². The summed E-state index contributed by atoms with van der Waals surface area (Å²) in [7, 11) is 1.64. The van der Waals surface area contributed by atoms with Crippen molar-refractivity contribution < 1.29 is 9.53 Å². The summed E-state index contributed by atoms with van der Waals surface area (Å²) >= 11 is 6.15. The number of hydrogen-bond donors (Lipinski definition) is 1. The third-order valence-corrected chi connectivity index (χ3v) is 3.62. The van der Waals surface area contributed by atoms with Crippen LogP contribution in [0.3, 0.4) is 0 Å². The molecular weight excluding hydrogens is 286 g/mol. The minimum absolute atomic E-state index is 0.175. The van der Waals surface area contributed by atoms with E-state index < -0.39 is 5.38 Å². The molecule has 2 aromatic rings. The molecule has 0 fully saturated rings. The summed E-state index contributed by atoms with van der Waals surface area (Å²) < 4.78 is 5.17. The number of hydrogen-bond acceptors (Lipinski definition) is 2. The summed E-state index contributed by atoms with van der Waals surface area (Å²) in [5.74, 6) is 0.643. The van der Waals surface area contributed by atoms with E-state index in [1.54, 1.807) is 7.11 Å². The number of rotatable bonds is 6. The topological polar surface area (TPSA) is 38.3 Å². The zero-order chi connectivity index (χ0) is 15.1. The van der Waals surface area contributed by atoms with E-state index in [9.17, 15) is 4.79 Å². The van der Waals surface area contributed by atoms with Crippen molar-refractivity contribution in [2.24, 2.45) is 0 Å². The summed E-state index contributed by atoms with van der Waals surface area (Å²) in [5.41, 5.74) is 1.92. The monoisotopic (exact) mass is 303 g/mol. The first-order chi connectivity index (χ1) is 10.2. The van der Waals surface area contributed by atoms with Crippen molar-refractivity contribution in [1.29, 1.82) is 0 Å². The number of alkyl halides is 1. The predicted molar refractivity (Wildman–Crippen MR) is 84.7 cm³/mol. The lowest BCUT2D eigenvalue weighted by molar-refractivity contribution is -0.120. The molecule has 0 saturated carbocycles. The second-order valence-corrected chi connectivity index (χ2v) is 5.10. The zero-order valence-corrected chi connectivity index (χ0v) is 12.6. The van der Waals surface area contributed by atoms with Crippen LogP contribution in [-0.2, 0) is 11.2 Å². The molecule has 0 aliphatic heterocycles. The Kier molecular flexibility index (Phi) is 5.64. The van der Waals surface area contributed by atoms with Gasteiger partial charge in [-0.15, -0.1) is 11.6 Å². The second kappa shape index (κ2) is 7.70. The van der Waals surface area contributed by atoms with Crippen molar-refractivity contribution in [3.63, 3.8) is 0 Å². The Hall–Kier alpha value is -2.00. The summed E-state index contributed by atoms with van der Waals surface area (Å²) in [6, 6.07) is 17.1. The van der Waals surface area contributed by atoms with E-state index in [0.717, 1.165) is 23.3 Å². The number of ether oxygens (including phenoxy) is 1. The van der Waals surface area contributed by atoms with Gasteiger partial charge in [0.1, 0.15) is 11.1 Å². The molecule has 21 heavy (non-hydrogen) atoms. The molecule has 0 heterocycles. The maximum atomic E-state index is 12.0. The minimum atomic E-state index is -0.656. The smallest absolute Gasteiger partial charge is 0.242 e. The van der Waals surface area contributed by atoms with Crippen molar-refractivity contribution in [3.8, 4) is 5.75 Å². The Labute approximate surface area is 129 Å².